The molecule has 2 aromatic carbocycles. The maximum absolute atomic E-state index is 14.6. The summed E-state index contributed by atoms with van der Waals surface area (Å²) >= 11 is 2.70. The third kappa shape index (κ3) is 9.95. The van der Waals surface area contributed by atoms with E-state index in [-0.39, 0.29) is 48.9 Å². The molecule has 0 radical (unpaired) electrons. The molecule has 0 saturated heterocycles. The van der Waals surface area contributed by atoms with E-state index in [0.29, 0.717) is 53.2 Å². The number of aromatic nitrogens is 2. The Kier molecular flexibility index (Phi) is 12.2. The molecule has 12 nitrogen and oxygen atoms in total. The van der Waals surface area contributed by atoms with E-state index in [0.717, 1.165) is 29.5 Å². The summed E-state index contributed by atoms with van der Waals surface area (Å²) in [6.45, 7) is 0.289. The first-order valence-corrected chi connectivity index (χ1v) is 21.1. The monoisotopic (exact) mass is 782 g/mol. The Hall–Kier alpha value is -4.69. The third-order valence-electron chi connectivity index (χ3n) is 11.6. The Morgan fingerprint density at radius 3 is 2.20 bits per heavy atom. The molecule has 3 atom stereocenters. The van der Waals surface area contributed by atoms with E-state index in [2.05, 4.69) is 30.9 Å². The van der Waals surface area contributed by atoms with Gasteiger partial charge in [0, 0.05) is 24.8 Å². The van der Waals surface area contributed by atoms with Gasteiger partial charge in [0.25, 0.3) is 0 Å². The van der Waals surface area contributed by atoms with Crippen LogP contribution in [-0.2, 0) is 27.2 Å². The lowest BCUT2D eigenvalue weighted by Gasteiger charge is -2.57. The van der Waals surface area contributed by atoms with Crippen LogP contribution in [0.25, 0.3) is 10.2 Å². The molecule has 0 unspecified atom stereocenters. The first-order valence-electron chi connectivity index (χ1n) is 19.4. The van der Waals surface area contributed by atoms with Gasteiger partial charge in [-0.2, -0.15) is 0 Å². The highest BCUT2D eigenvalue weighted by molar-refractivity contribution is 7.20. The summed E-state index contributed by atoms with van der Waals surface area (Å²) in [7, 11) is 0. The smallest absolute Gasteiger partial charge is 0.243 e. The summed E-state index contributed by atoms with van der Waals surface area (Å²) < 4.78 is 0.875. The Labute approximate surface area is 329 Å². The lowest BCUT2D eigenvalue weighted by molar-refractivity contribution is -0.134. The minimum atomic E-state index is -0.947. The summed E-state index contributed by atoms with van der Waals surface area (Å²) in [4.78, 5) is 69.5. The summed E-state index contributed by atoms with van der Waals surface area (Å²) in [5, 5.41) is 11.3. The number of para-hydroxylation sites is 1. The first-order chi connectivity index (χ1) is 26.6. The summed E-state index contributed by atoms with van der Waals surface area (Å²) in [5.41, 5.74) is 15.2. The maximum atomic E-state index is 14.6. The number of guanidine groups is 1. The molecule has 2 heterocycles. The van der Waals surface area contributed by atoms with Gasteiger partial charge in [0.1, 0.15) is 12.1 Å². The molecule has 55 heavy (non-hydrogen) atoms. The molecule has 0 aliphatic heterocycles. The largest absolute Gasteiger partial charge is 0.370 e. The molecule has 2 aromatic heterocycles. The Bertz CT molecular complexity index is 1930. The topological polar surface area (TPSA) is 195 Å². The number of benzene rings is 2. The molecule has 4 aliphatic rings. The van der Waals surface area contributed by atoms with Gasteiger partial charge in [0.15, 0.2) is 11.0 Å². The van der Waals surface area contributed by atoms with Gasteiger partial charge < -0.3 is 27.4 Å². The number of carbonyl (C=O) groups is 4. The van der Waals surface area contributed by atoms with Crippen molar-refractivity contribution in [2.75, 3.05) is 6.54 Å². The summed E-state index contributed by atoms with van der Waals surface area (Å²) in [6.07, 6.45) is 8.91. The van der Waals surface area contributed by atoms with E-state index >= 15 is 0 Å². The molecule has 4 fully saturated rings. The van der Waals surface area contributed by atoms with Crippen LogP contribution in [0.5, 0.6) is 0 Å². The normalized spacial score (nSPS) is 22.7. The second-order valence-electron chi connectivity index (χ2n) is 15.8. The minimum Gasteiger partial charge on any atom is -0.370 e. The number of nitrogens with one attached hydrogen (secondary N) is 3. The van der Waals surface area contributed by atoms with Gasteiger partial charge in [-0.1, -0.05) is 42.5 Å². The molecule has 4 aromatic rings. The van der Waals surface area contributed by atoms with Crippen LogP contribution in [0.2, 0.25) is 0 Å². The molecule has 4 saturated carbocycles. The first kappa shape index (κ1) is 38.6. The van der Waals surface area contributed by atoms with Crippen LogP contribution in [0.1, 0.15) is 85.3 Å². The number of nitrogens with two attached hydrogens (primary N) is 2. The zero-order chi connectivity index (χ0) is 38.4. The lowest BCUT2D eigenvalue weighted by Crippen LogP contribution is -2.58. The highest BCUT2D eigenvalue weighted by atomic mass is 32.1. The predicted octanol–water partition coefficient (Wildman–Crippen LogP) is 4.93. The van der Waals surface area contributed by atoms with Crippen molar-refractivity contribution in [3.8, 4) is 0 Å². The van der Waals surface area contributed by atoms with E-state index in [1.807, 2.05) is 60.0 Å². The number of aryl methyl sites for hydroxylation is 1. The summed E-state index contributed by atoms with van der Waals surface area (Å²) in [5.74, 6) is 0.425. The zero-order valence-corrected chi connectivity index (χ0v) is 32.6. The van der Waals surface area contributed by atoms with Crippen LogP contribution in [0.15, 0.2) is 70.5 Å². The standard InChI is InChI=1S/C41H50N8O4S2/c42-40(43)44-14-6-10-31(36(51)39-49-30-9-4-5-11-34(30)55-39)47-38(53)33(22-41-19-26-15-27(20-41)17-28(16-26)21-41)48-37(52)32(18-29-23-54-24-45-29)46-35(50)13-12-25-7-2-1-3-8-25/h1-5,7-9,11,23-24,26-28,31-33H,6,10,12-22H2,(H,46,50)(H,47,53)(H,48,52)(H4,42,43,44)/t26?,27?,28?,31-,32-,33-,41?/m0/s1. The van der Waals surface area contributed by atoms with Gasteiger partial charge >= 0.3 is 0 Å². The molecule has 4 aliphatic carbocycles. The summed E-state index contributed by atoms with van der Waals surface area (Å²) in [6, 6.07) is 14.5. The van der Waals surface area contributed by atoms with Crippen molar-refractivity contribution >= 4 is 62.4 Å². The van der Waals surface area contributed by atoms with Crippen molar-refractivity contribution in [3.63, 3.8) is 0 Å². The molecule has 7 N–H and O–H groups in total. The second kappa shape index (κ2) is 17.4. The van der Waals surface area contributed by atoms with Gasteiger partial charge in [-0.3, -0.25) is 24.2 Å². The fourth-order valence-corrected chi connectivity index (χ4v) is 11.1. The molecule has 14 heteroatoms. The molecule has 3 amide bonds. The van der Waals surface area contributed by atoms with Crippen LogP contribution in [0.4, 0.5) is 0 Å². The van der Waals surface area contributed by atoms with Crippen LogP contribution >= 0.6 is 22.7 Å². The van der Waals surface area contributed by atoms with E-state index in [9.17, 15) is 19.2 Å². The average molecular weight is 783 g/mol. The van der Waals surface area contributed by atoms with Crippen molar-refractivity contribution in [2.45, 2.75) is 95.2 Å². The number of fused-ring (bicyclic) bond motifs is 1. The molecule has 8 rings (SSSR count). The van der Waals surface area contributed by atoms with Crippen molar-refractivity contribution < 1.29 is 19.2 Å². The number of thiazole rings is 2. The molecular weight excluding hydrogens is 733 g/mol. The van der Waals surface area contributed by atoms with Crippen LogP contribution in [0, 0.1) is 23.2 Å². The molecule has 4 bridgehead atoms. The average Bonchev–Trinajstić information content (AvgIpc) is 3.84. The number of hydrogen-bond donors (Lipinski definition) is 5. The van der Waals surface area contributed by atoms with Crippen LogP contribution in [0.3, 0.4) is 0 Å². The van der Waals surface area contributed by atoms with E-state index < -0.39 is 29.9 Å². The third-order valence-corrected chi connectivity index (χ3v) is 13.2. The lowest BCUT2D eigenvalue weighted by atomic mass is 9.48. The highest BCUT2D eigenvalue weighted by Crippen LogP contribution is 2.61. The number of Topliss-reactive ketones (excluding diaryl/α,β-unsaturated/α-hetero) is 1. The number of amides is 3. The number of carbonyl (C=O) groups excluding carboxylic acids is 4. The number of rotatable bonds is 18. The van der Waals surface area contributed by atoms with Crippen molar-refractivity contribution in [1.29, 1.82) is 0 Å². The van der Waals surface area contributed by atoms with Crippen LogP contribution < -0.4 is 27.4 Å². The number of aliphatic imine (C=N–C) groups is 1. The van der Waals surface area contributed by atoms with Gasteiger partial charge in [-0.15, -0.1) is 22.7 Å². The van der Waals surface area contributed by atoms with Gasteiger partial charge in [0.2, 0.25) is 23.5 Å². The minimum absolute atomic E-state index is 0.0456. The Morgan fingerprint density at radius 2 is 1.53 bits per heavy atom. The fraction of sp³-hybridized carbons (Fsp3) is 0.488. The van der Waals surface area contributed by atoms with Gasteiger partial charge in [0.05, 0.1) is 27.5 Å². The van der Waals surface area contributed by atoms with Gasteiger partial charge in [-0.05, 0) is 105 Å². The van der Waals surface area contributed by atoms with Crippen molar-refractivity contribution in [2.24, 2.45) is 39.6 Å². The zero-order valence-electron chi connectivity index (χ0n) is 31.0. The van der Waals surface area contributed by atoms with Crippen molar-refractivity contribution in [3.05, 3.63) is 81.8 Å². The maximum Gasteiger partial charge on any atom is 0.243 e. The predicted molar refractivity (Wildman–Crippen MR) is 215 cm³/mol. The fourth-order valence-electron chi connectivity index (χ4n) is 9.55. The van der Waals surface area contributed by atoms with E-state index in [1.165, 1.54) is 41.9 Å². The van der Waals surface area contributed by atoms with Crippen LogP contribution in [-0.4, -0.2) is 64.1 Å². The number of ketones is 1. The SMILES string of the molecule is NC(N)=NCCC[C@H](NC(=O)[C@H](CC12CC3CC(CC(C3)C1)C2)NC(=O)[C@H](Cc1cscn1)NC(=O)CCc1ccccc1)C(=O)c1nc2ccccc2s1. The van der Waals surface area contributed by atoms with E-state index in [1.54, 1.807) is 5.51 Å². The second-order valence-corrected chi connectivity index (χ2v) is 17.6. The number of nitrogens with zero attached hydrogens (tertiary/aromatic N) is 3. The highest BCUT2D eigenvalue weighted by Gasteiger charge is 2.52. The Balaban J connectivity index is 1.13. The van der Waals surface area contributed by atoms with Gasteiger partial charge in [-0.25, -0.2) is 9.97 Å². The van der Waals surface area contributed by atoms with Crippen molar-refractivity contribution in [1.82, 2.24) is 25.9 Å². The molecule has 290 valence electrons. The molecular formula is C41H50N8O4S2. The molecule has 0 spiro atoms. The number of hydrogen-bond acceptors (Lipinski definition) is 9. The Morgan fingerprint density at radius 1 is 0.855 bits per heavy atom. The van der Waals surface area contributed by atoms with E-state index in [4.69, 9.17) is 11.5 Å². The quantitative estimate of drug-likeness (QED) is 0.0406.